The highest BCUT2D eigenvalue weighted by molar-refractivity contribution is 5.88. The van der Waals surface area contributed by atoms with Gasteiger partial charge in [0, 0.05) is 19.2 Å². The Balaban J connectivity index is 0.00000341. The maximum absolute atomic E-state index is 4.47. The van der Waals surface area contributed by atoms with Crippen molar-refractivity contribution in [1.82, 2.24) is 5.32 Å². The second kappa shape index (κ2) is 11.4. The Kier molecular flexibility index (Phi) is 8.88. The summed E-state index contributed by atoms with van der Waals surface area (Å²) in [7, 11) is 1.93. The van der Waals surface area contributed by atoms with Gasteiger partial charge in [0.15, 0.2) is 0 Å². The summed E-state index contributed by atoms with van der Waals surface area (Å²) in [4.78, 5) is 0. The second-order valence-electron chi connectivity index (χ2n) is 8.00. The van der Waals surface area contributed by atoms with Crippen molar-refractivity contribution in [1.29, 1.82) is 0 Å². The summed E-state index contributed by atoms with van der Waals surface area (Å²) >= 11 is 0. The van der Waals surface area contributed by atoms with E-state index in [0.29, 0.717) is 5.92 Å². The fourth-order valence-electron chi connectivity index (χ4n) is 4.10. The molecule has 1 aliphatic rings. The number of aryl methyl sites for hydroxylation is 1. The van der Waals surface area contributed by atoms with E-state index < -0.39 is 0 Å². The van der Waals surface area contributed by atoms with Gasteiger partial charge in [0.2, 0.25) is 0 Å². The number of unbranched alkanes of at least 4 members (excludes halogenated alkanes) is 1. The second-order valence-corrected chi connectivity index (χ2v) is 8.00. The number of hydrogen-bond donors (Lipinski definition) is 1. The lowest BCUT2D eigenvalue weighted by Gasteiger charge is -2.28. The normalized spacial score (nSPS) is 15.8. The molecule has 0 aromatic heterocycles. The molecule has 0 radical (unpaired) electrons. The molecule has 3 rings (SSSR count). The molecule has 0 spiro atoms. The lowest BCUT2D eigenvalue weighted by molar-refractivity contribution is 0.821. The van der Waals surface area contributed by atoms with Gasteiger partial charge < -0.3 is 5.32 Å². The van der Waals surface area contributed by atoms with E-state index in [4.69, 9.17) is 0 Å². The van der Waals surface area contributed by atoms with E-state index in [0.717, 1.165) is 41.6 Å². The van der Waals surface area contributed by atoms with Gasteiger partial charge in [0.1, 0.15) is 0 Å². The summed E-state index contributed by atoms with van der Waals surface area (Å²) in [6.07, 6.45) is 12.0. The van der Waals surface area contributed by atoms with Crippen LogP contribution >= 0.6 is 0 Å². The van der Waals surface area contributed by atoms with E-state index in [9.17, 15) is 0 Å². The summed E-state index contributed by atoms with van der Waals surface area (Å²) in [5.74, 6) is 0.302. The first-order valence-corrected chi connectivity index (χ1v) is 10.8. The first kappa shape index (κ1) is 24.2. The van der Waals surface area contributed by atoms with Crippen LogP contribution in [-0.2, 0) is 6.42 Å². The first-order chi connectivity index (χ1) is 14.5. The van der Waals surface area contributed by atoms with Gasteiger partial charge in [-0.25, -0.2) is 0 Å². The van der Waals surface area contributed by atoms with E-state index in [-0.39, 0.29) is 7.43 Å². The van der Waals surface area contributed by atoms with Crippen molar-refractivity contribution in [2.75, 3.05) is 7.05 Å². The fraction of sp³-hybridized carbons (Fsp3) is 0.267. The van der Waals surface area contributed by atoms with Crippen molar-refractivity contribution in [2.45, 2.75) is 46.5 Å². The lowest BCUT2D eigenvalue weighted by atomic mass is 9.76. The number of allylic oxidation sites excluding steroid dienone is 7. The molecule has 2 aromatic carbocycles. The SMILES string of the molecule is C.C=C(C1=CC(Cc2cccc(C)c2)c2ccccc2C1=C)C(/C=C\CCC)=C/NC. The molecule has 2 aromatic rings. The van der Waals surface area contributed by atoms with Crippen LogP contribution in [0, 0.1) is 6.92 Å². The van der Waals surface area contributed by atoms with E-state index in [1.807, 2.05) is 13.2 Å². The highest BCUT2D eigenvalue weighted by atomic mass is 14.8. The number of fused-ring (bicyclic) bond motifs is 1. The fourth-order valence-corrected chi connectivity index (χ4v) is 4.10. The van der Waals surface area contributed by atoms with Crippen molar-refractivity contribution in [3.05, 3.63) is 125 Å². The Hall–Kier alpha value is -3.06. The molecule has 0 heterocycles. The Labute approximate surface area is 189 Å². The molecule has 31 heavy (non-hydrogen) atoms. The van der Waals surface area contributed by atoms with Crippen molar-refractivity contribution in [3.8, 4) is 0 Å². The third-order valence-electron chi connectivity index (χ3n) is 5.64. The largest absolute Gasteiger partial charge is 0.393 e. The molecule has 162 valence electrons. The standard InChI is InChI=1S/C29H33N.CH4/c1-6-7-8-14-25(20-30-5)22(3)29-19-26(18-24-13-11-12-21(2)17-24)28-16-10-9-15-27(28)23(29)4;/h8-17,19-20,26,30H,3-4,6-7,18H2,1-2,5H3;1H4/b14-8-,25-20+;. The molecule has 0 bridgehead atoms. The Morgan fingerprint density at radius 1 is 1.13 bits per heavy atom. The smallest absolute Gasteiger partial charge is 0.00739 e. The van der Waals surface area contributed by atoms with Gasteiger partial charge in [-0.3, -0.25) is 0 Å². The van der Waals surface area contributed by atoms with E-state index >= 15 is 0 Å². The monoisotopic (exact) mass is 411 g/mol. The maximum Gasteiger partial charge on any atom is 0.00739 e. The summed E-state index contributed by atoms with van der Waals surface area (Å²) < 4.78 is 0. The molecular weight excluding hydrogens is 374 g/mol. The molecule has 1 N–H and O–H groups in total. The Bertz CT molecular complexity index is 1020. The van der Waals surface area contributed by atoms with Crippen LogP contribution in [0.2, 0.25) is 0 Å². The van der Waals surface area contributed by atoms with Crippen LogP contribution in [0.25, 0.3) is 5.57 Å². The van der Waals surface area contributed by atoms with Gasteiger partial charge in [-0.15, -0.1) is 0 Å². The molecular formula is C30H37N. The van der Waals surface area contributed by atoms with Gasteiger partial charge >= 0.3 is 0 Å². The van der Waals surface area contributed by atoms with Crippen molar-refractivity contribution in [2.24, 2.45) is 0 Å². The molecule has 0 amide bonds. The van der Waals surface area contributed by atoms with Crippen LogP contribution in [-0.4, -0.2) is 7.05 Å². The topological polar surface area (TPSA) is 12.0 Å². The number of nitrogens with one attached hydrogen (secondary N) is 1. The van der Waals surface area contributed by atoms with Gasteiger partial charge in [-0.1, -0.05) is 106 Å². The van der Waals surface area contributed by atoms with Crippen LogP contribution in [0.4, 0.5) is 0 Å². The minimum atomic E-state index is 0. The summed E-state index contributed by atoms with van der Waals surface area (Å²) in [6.45, 7) is 13.3. The molecule has 1 aliphatic carbocycles. The zero-order valence-corrected chi connectivity index (χ0v) is 18.5. The summed E-state index contributed by atoms with van der Waals surface area (Å²) in [5, 5.41) is 3.17. The van der Waals surface area contributed by atoms with Crippen LogP contribution in [0.15, 0.2) is 103 Å². The van der Waals surface area contributed by atoms with Crippen LogP contribution in [0.3, 0.4) is 0 Å². The van der Waals surface area contributed by atoms with E-state index in [1.54, 1.807) is 0 Å². The Morgan fingerprint density at radius 3 is 2.61 bits per heavy atom. The third kappa shape index (κ3) is 5.76. The molecule has 1 nitrogen and oxygen atoms in total. The summed E-state index contributed by atoms with van der Waals surface area (Å²) in [6, 6.07) is 17.5. The zero-order valence-electron chi connectivity index (χ0n) is 18.5. The summed E-state index contributed by atoms with van der Waals surface area (Å²) in [5.41, 5.74) is 9.57. The first-order valence-electron chi connectivity index (χ1n) is 10.8. The molecule has 0 fully saturated rings. The molecule has 1 atom stereocenters. The zero-order chi connectivity index (χ0) is 21.5. The highest BCUT2D eigenvalue weighted by Crippen LogP contribution is 2.42. The van der Waals surface area contributed by atoms with E-state index in [1.165, 1.54) is 22.3 Å². The lowest BCUT2D eigenvalue weighted by Crippen LogP contribution is -2.12. The maximum atomic E-state index is 4.47. The predicted molar refractivity (Wildman–Crippen MR) is 138 cm³/mol. The van der Waals surface area contributed by atoms with Crippen LogP contribution in [0.1, 0.15) is 55.4 Å². The van der Waals surface area contributed by atoms with Gasteiger partial charge in [0.05, 0.1) is 0 Å². The molecule has 0 saturated carbocycles. The minimum Gasteiger partial charge on any atom is -0.393 e. The van der Waals surface area contributed by atoms with Crippen molar-refractivity contribution >= 4 is 5.57 Å². The average molecular weight is 412 g/mol. The van der Waals surface area contributed by atoms with Gasteiger partial charge in [0.25, 0.3) is 0 Å². The van der Waals surface area contributed by atoms with Gasteiger partial charge in [-0.2, -0.15) is 0 Å². The third-order valence-corrected chi connectivity index (χ3v) is 5.64. The number of hydrogen-bond acceptors (Lipinski definition) is 1. The number of benzene rings is 2. The molecule has 1 heteroatoms. The quantitative estimate of drug-likeness (QED) is 0.435. The van der Waals surface area contributed by atoms with E-state index in [2.05, 4.69) is 99.1 Å². The predicted octanol–water partition coefficient (Wildman–Crippen LogP) is 7.93. The highest BCUT2D eigenvalue weighted by Gasteiger charge is 2.25. The number of rotatable bonds is 8. The Morgan fingerprint density at radius 2 is 1.90 bits per heavy atom. The van der Waals surface area contributed by atoms with Gasteiger partial charge in [-0.05, 0) is 58.7 Å². The van der Waals surface area contributed by atoms with Crippen molar-refractivity contribution in [3.63, 3.8) is 0 Å². The molecule has 0 saturated heterocycles. The average Bonchev–Trinajstić information content (AvgIpc) is 2.75. The van der Waals surface area contributed by atoms with Crippen LogP contribution < -0.4 is 5.32 Å². The molecule has 0 aliphatic heterocycles. The minimum absolute atomic E-state index is 0. The van der Waals surface area contributed by atoms with Crippen LogP contribution in [0.5, 0.6) is 0 Å². The van der Waals surface area contributed by atoms with Crippen molar-refractivity contribution < 1.29 is 0 Å². The molecule has 1 unspecified atom stereocenters.